The fourth-order valence-electron chi connectivity index (χ4n) is 2.48. The molecule has 0 aliphatic heterocycles. The first-order valence-corrected chi connectivity index (χ1v) is 7.63. The molecule has 122 valence electrons. The minimum Gasteiger partial charge on any atom is -0.360 e. The number of amides is 1. The minimum atomic E-state index is -0.325. The summed E-state index contributed by atoms with van der Waals surface area (Å²) < 4.78 is 6.73. The van der Waals surface area contributed by atoms with E-state index in [0.29, 0.717) is 29.2 Å². The molecule has 1 aromatic carbocycles. The zero-order valence-electron chi connectivity index (χ0n) is 13.4. The molecule has 6 nitrogen and oxygen atoms in total. The maximum atomic E-state index is 12.7. The van der Waals surface area contributed by atoms with Gasteiger partial charge in [0.1, 0.15) is 17.0 Å². The molecule has 3 rings (SSSR count). The van der Waals surface area contributed by atoms with E-state index in [0.717, 1.165) is 5.56 Å². The molecule has 0 bridgehead atoms. The highest BCUT2D eigenvalue weighted by atomic mass is 16.5. The van der Waals surface area contributed by atoms with Crippen molar-refractivity contribution in [2.24, 2.45) is 0 Å². The normalized spacial score (nSPS) is 10.6. The number of anilines is 1. The van der Waals surface area contributed by atoms with E-state index in [1.165, 1.54) is 10.6 Å². The van der Waals surface area contributed by atoms with Crippen molar-refractivity contribution in [3.05, 3.63) is 70.3 Å². The van der Waals surface area contributed by atoms with Crippen molar-refractivity contribution < 1.29 is 9.32 Å². The quantitative estimate of drug-likeness (QED) is 0.800. The Bertz CT molecular complexity index is 926. The minimum absolute atomic E-state index is 0.110. The molecule has 3 aromatic rings. The Morgan fingerprint density at radius 3 is 2.67 bits per heavy atom. The van der Waals surface area contributed by atoms with E-state index in [9.17, 15) is 9.59 Å². The van der Waals surface area contributed by atoms with E-state index in [1.807, 2.05) is 37.3 Å². The molecule has 0 radical (unpaired) electrons. The lowest BCUT2D eigenvalue weighted by atomic mass is 10.1. The van der Waals surface area contributed by atoms with Gasteiger partial charge in [0.25, 0.3) is 11.5 Å². The fraction of sp³-hybridized carbons (Fsp3) is 0.167. The summed E-state index contributed by atoms with van der Waals surface area (Å²) >= 11 is 0. The van der Waals surface area contributed by atoms with Crippen LogP contribution in [0, 0.1) is 6.92 Å². The topological polar surface area (TPSA) is 77.1 Å². The number of hydrogen-bond acceptors (Lipinski definition) is 4. The SMILES string of the molecule is CCn1cc(NC(=O)c2c(-c3ccccc3)noc2C)ccc1=O. The summed E-state index contributed by atoms with van der Waals surface area (Å²) in [5, 5.41) is 6.80. The van der Waals surface area contributed by atoms with E-state index in [2.05, 4.69) is 10.5 Å². The number of rotatable bonds is 4. The smallest absolute Gasteiger partial charge is 0.261 e. The highest BCUT2D eigenvalue weighted by Crippen LogP contribution is 2.25. The largest absolute Gasteiger partial charge is 0.360 e. The summed E-state index contributed by atoms with van der Waals surface area (Å²) in [6.45, 7) is 4.09. The number of nitrogens with one attached hydrogen (secondary N) is 1. The maximum absolute atomic E-state index is 12.7. The van der Waals surface area contributed by atoms with Gasteiger partial charge in [-0.1, -0.05) is 35.5 Å². The summed E-state index contributed by atoms with van der Waals surface area (Å²) in [5.41, 5.74) is 2.12. The first kappa shape index (κ1) is 15.7. The van der Waals surface area contributed by atoms with Gasteiger partial charge < -0.3 is 14.4 Å². The second kappa shape index (κ2) is 6.54. The zero-order valence-corrected chi connectivity index (χ0v) is 13.4. The standard InChI is InChI=1S/C18H17N3O3/c1-3-21-11-14(9-10-15(21)22)19-18(23)16-12(2)24-20-17(16)13-7-5-4-6-8-13/h4-11H,3H2,1-2H3,(H,19,23). The number of aromatic nitrogens is 2. The molecule has 6 heteroatoms. The van der Waals surface area contributed by atoms with E-state index < -0.39 is 0 Å². The lowest BCUT2D eigenvalue weighted by molar-refractivity contribution is 0.102. The third-order valence-electron chi connectivity index (χ3n) is 3.72. The Hall–Kier alpha value is -3.15. The predicted octanol–water partition coefficient (Wildman–Crippen LogP) is 3.08. The average Bonchev–Trinajstić information content (AvgIpc) is 2.99. The van der Waals surface area contributed by atoms with Crippen LogP contribution in [-0.2, 0) is 6.54 Å². The first-order valence-electron chi connectivity index (χ1n) is 7.63. The van der Waals surface area contributed by atoms with Gasteiger partial charge in [0, 0.05) is 24.4 Å². The van der Waals surface area contributed by atoms with E-state index in [1.54, 1.807) is 19.2 Å². The Balaban J connectivity index is 1.94. The van der Waals surface area contributed by atoms with Gasteiger partial charge >= 0.3 is 0 Å². The fourth-order valence-corrected chi connectivity index (χ4v) is 2.48. The van der Waals surface area contributed by atoms with Crippen LogP contribution in [0.1, 0.15) is 23.0 Å². The maximum Gasteiger partial charge on any atom is 0.261 e. The molecule has 2 aromatic heterocycles. The van der Waals surface area contributed by atoms with Crippen LogP contribution in [0.2, 0.25) is 0 Å². The van der Waals surface area contributed by atoms with E-state index in [4.69, 9.17) is 4.52 Å². The Morgan fingerprint density at radius 2 is 1.96 bits per heavy atom. The molecule has 2 heterocycles. The lowest BCUT2D eigenvalue weighted by Gasteiger charge is -2.08. The summed E-state index contributed by atoms with van der Waals surface area (Å²) in [6, 6.07) is 12.4. The Labute approximate surface area is 138 Å². The number of hydrogen-bond donors (Lipinski definition) is 1. The molecule has 0 fully saturated rings. The van der Waals surface area contributed by atoms with Crippen LogP contribution in [0.5, 0.6) is 0 Å². The van der Waals surface area contributed by atoms with Gasteiger partial charge in [-0.25, -0.2) is 0 Å². The molecule has 0 aliphatic carbocycles. The van der Waals surface area contributed by atoms with Gasteiger partial charge in [0.05, 0.1) is 5.69 Å². The molecule has 0 saturated carbocycles. The van der Waals surface area contributed by atoms with Crippen LogP contribution in [0.3, 0.4) is 0 Å². The van der Waals surface area contributed by atoms with Gasteiger partial charge in [-0.05, 0) is 19.9 Å². The summed E-state index contributed by atoms with van der Waals surface area (Å²) in [5.74, 6) is 0.115. The van der Waals surface area contributed by atoms with Crippen molar-refractivity contribution in [3.8, 4) is 11.3 Å². The van der Waals surface area contributed by atoms with E-state index in [-0.39, 0.29) is 11.5 Å². The number of pyridine rings is 1. The van der Waals surface area contributed by atoms with Crippen LogP contribution in [-0.4, -0.2) is 15.6 Å². The van der Waals surface area contributed by atoms with Crippen LogP contribution in [0.15, 0.2) is 58.0 Å². The molecule has 24 heavy (non-hydrogen) atoms. The molecule has 0 spiro atoms. The molecular weight excluding hydrogens is 306 g/mol. The number of aryl methyl sites for hydroxylation is 2. The molecular formula is C18H17N3O3. The molecule has 0 aliphatic rings. The molecule has 0 unspecified atom stereocenters. The lowest BCUT2D eigenvalue weighted by Crippen LogP contribution is -2.20. The average molecular weight is 323 g/mol. The number of nitrogens with zero attached hydrogens (tertiary/aromatic N) is 2. The predicted molar refractivity (Wildman–Crippen MR) is 91.0 cm³/mol. The van der Waals surface area contributed by atoms with Crippen molar-refractivity contribution in [1.82, 2.24) is 9.72 Å². The molecule has 1 N–H and O–H groups in total. The van der Waals surface area contributed by atoms with Crippen molar-refractivity contribution in [3.63, 3.8) is 0 Å². The van der Waals surface area contributed by atoms with Gasteiger partial charge in [-0.3, -0.25) is 9.59 Å². The number of carbonyl (C=O) groups excluding carboxylic acids is 1. The van der Waals surface area contributed by atoms with Crippen LogP contribution >= 0.6 is 0 Å². The van der Waals surface area contributed by atoms with Gasteiger partial charge in [0.15, 0.2) is 0 Å². The first-order chi connectivity index (χ1) is 11.6. The van der Waals surface area contributed by atoms with Gasteiger partial charge in [-0.2, -0.15) is 0 Å². The summed E-state index contributed by atoms with van der Waals surface area (Å²) in [4.78, 5) is 24.3. The number of benzene rings is 1. The molecule has 0 atom stereocenters. The third kappa shape index (κ3) is 2.99. The van der Waals surface area contributed by atoms with Crippen LogP contribution < -0.4 is 10.9 Å². The highest BCUT2D eigenvalue weighted by molar-refractivity contribution is 6.08. The van der Waals surface area contributed by atoms with Crippen molar-refractivity contribution in [2.45, 2.75) is 20.4 Å². The molecule has 0 saturated heterocycles. The Kier molecular flexibility index (Phi) is 4.29. The molecule has 1 amide bonds. The van der Waals surface area contributed by atoms with Gasteiger partial charge in [-0.15, -0.1) is 0 Å². The summed E-state index contributed by atoms with van der Waals surface area (Å²) in [6.07, 6.45) is 1.62. The second-order valence-corrected chi connectivity index (χ2v) is 5.32. The van der Waals surface area contributed by atoms with Crippen molar-refractivity contribution >= 4 is 11.6 Å². The summed E-state index contributed by atoms with van der Waals surface area (Å²) in [7, 11) is 0. The third-order valence-corrected chi connectivity index (χ3v) is 3.72. The second-order valence-electron chi connectivity index (χ2n) is 5.32. The monoisotopic (exact) mass is 323 g/mol. The highest BCUT2D eigenvalue weighted by Gasteiger charge is 2.21. The zero-order chi connectivity index (χ0) is 17.1. The van der Waals surface area contributed by atoms with Crippen LogP contribution in [0.25, 0.3) is 11.3 Å². The Morgan fingerprint density at radius 1 is 1.21 bits per heavy atom. The van der Waals surface area contributed by atoms with Gasteiger partial charge in [0.2, 0.25) is 0 Å². The van der Waals surface area contributed by atoms with Crippen LogP contribution in [0.4, 0.5) is 5.69 Å². The van der Waals surface area contributed by atoms with E-state index >= 15 is 0 Å². The van der Waals surface area contributed by atoms with Crippen molar-refractivity contribution in [2.75, 3.05) is 5.32 Å². The number of carbonyl (C=O) groups is 1. The van der Waals surface area contributed by atoms with Crippen molar-refractivity contribution in [1.29, 1.82) is 0 Å².